The van der Waals surface area contributed by atoms with E-state index in [2.05, 4.69) is 30.4 Å². The second kappa shape index (κ2) is 5.76. The predicted molar refractivity (Wildman–Crippen MR) is 73.5 cm³/mol. The maximum atomic E-state index is 11.8. The van der Waals surface area contributed by atoms with Crippen LogP contribution in [0.1, 0.15) is 40.5 Å². The summed E-state index contributed by atoms with van der Waals surface area (Å²) < 4.78 is 26.1. The third-order valence-electron chi connectivity index (χ3n) is 3.59. The summed E-state index contributed by atoms with van der Waals surface area (Å²) in [5.74, 6) is -1.32. The van der Waals surface area contributed by atoms with Crippen LogP contribution >= 0.6 is 0 Å². The van der Waals surface area contributed by atoms with Gasteiger partial charge in [0.1, 0.15) is 0 Å². The van der Waals surface area contributed by atoms with Gasteiger partial charge in [-0.25, -0.2) is 13.1 Å². The van der Waals surface area contributed by atoms with Gasteiger partial charge in [-0.05, 0) is 40.5 Å². The number of nitrogens with zero attached hydrogens (tertiary/aromatic N) is 1. The second-order valence-corrected chi connectivity index (χ2v) is 8.11. The number of hydrogen-bond donors (Lipinski definition) is 2. The summed E-state index contributed by atoms with van der Waals surface area (Å²) in [6.45, 7) is 9.21. The zero-order chi connectivity index (χ0) is 14.8. The molecule has 0 aromatic carbocycles. The third kappa shape index (κ3) is 4.43. The Hall–Kier alpha value is -0.660. The Balaban J connectivity index is 2.56. The number of hydrogen-bond acceptors (Lipinski definition) is 4. The quantitative estimate of drug-likeness (QED) is 0.794. The van der Waals surface area contributed by atoms with Gasteiger partial charge in [0, 0.05) is 24.7 Å². The Bertz CT molecular complexity index is 420. The van der Waals surface area contributed by atoms with Crippen molar-refractivity contribution >= 4 is 16.0 Å². The summed E-state index contributed by atoms with van der Waals surface area (Å²) in [6.07, 6.45) is 1.42. The molecule has 112 valence electrons. The molecule has 6 nitrogen and oxygen atoms in total. The normalized spacial score (nSPS) is 21.3. The zero-order valence-corrected chi connectivity index (χ0v) is 12.8. The van der Waals surface area contributed by atoms with Gasteiger partial charge >= 0.3 is 5.97 Å². The molecule has 2 N–H and O–H groups in total. The van der Waals surface area contributed by atoms with Crippen molar-refractivity contribution < 1.29 is 18.3 Å². The lowest BCUT2D eigenvalue weighted by atomic mass is 9.99. The minimum Gasteiger partial charge on any atom is -0.480 e. The fourth-order valence-corrected chi connectivity index (χ4v) is 3.31. The fraction of sp³-hybridized carbons (Fsp3) is 0.917. The molecule has 1 aliphatic heterocycles. The molecule has 0 aromatic heterocycles. The lowest BCUT2D eigenvalue weighted by Gasteiger charge is -2.41. The number of carboxylic acids is 1. The molecule has 0 spiro atoms. The van der Waals surface area contributed by atoms with Crippen LogP contribution in [0.4, 0.5) is 0 Å². The van der Waals surface area contributed by atoms with E-state index in [-0.39, 0.29) is 11.6 Å². The topological polar surface area (TPSA) is 86.7 Å². The fourth-order valence-electron chi connectivity index (χ4n) is 2.14. The molecule has 0 radical (unpaired) electrons. The van der Waals surface area contributed by atoms with Crippen LogP contribution in [-0.2, 0) is 14.8 Å². The Morgan fingerprint density at radius 2 is 1.79 bits per heavy atom. The summed E-state index contributed by atoms with van der Waals surface area (Å²) in [7, 11) is -3.78. The molecular weight excluding hydrogens is 268 g/mol. The summed E-state index contributed by atoms with van der Waals surface area (Å²) in [6, 6.07) is -0.162. The highest BCUT2D eigenvalue weighted by Crippen LogP contribution is 2.20. The molecule has 0 bridgehead atoms. The third-order valence-corrected chi connectivity index (χ3v) is 5.38. The van der Waals surface area contributed by atoms with Gasteiger partial charge in [-0.1, -0.05) is 0 Å². The monoisotopic (exact) mass is 292 g/mol. The lowest BCUT2D eigenvalue weighted by Crippen LogP contribution is -2.52. The highest BCUT2D eigenvalue weighted by molar-refractivity contribution is 7.90. The average molecular weight is 292 g/mol. The molecule has 0 aliphatic carbocycles. The van der Waals surface area contributed by atoms with E-state index in [0.29, 0.717) is 12.8 Å². The van der Waals surface area contributed by atoms with Crippen LogP contribution in [0.5, 0.6) is 0 Å². The number of likely N-dealkylation sites (tertiary alicyclic amines) is 1. The minimum absolute atomic E-state index is 0.0815. The van der Waals surface area contributed by atoms with E-state index in [9.17, 15) is 13.2 Å². The van der Waals surface area contributed by atoms with Crippen LogP contribution in [0, 0.1) is 0 Å². The largest absolute Gasteiger partial charge is 0.480 e. The van der Waals surface area contributed by atoms with Crippen LogP contribution in [0.15, 0.2) is 0 Å². The van der Waals surface area contributed by atoms with E-state index in [4.69, 9.17) is 5.11 Å². The molecule has 1 atom stereocenters. The number of rotatable bonds is 4. The van der Waals surface area contributed by atoms with Crippen molar-refractivity contribution in [2.75, 3.05) is 13.1 Å². The maximum Gasteiger partial charge on any atom is 0.323 e. The van der Waals surface area contributed by atoms with E-state index in [1.54, 1.807) is 0 Å². The van der Waals surface area contributed by atoms with E-state index >= 15 is 0 Å². The number of carbonyl (C=O) groups is 1. The molecule has 1 rings (SSSR count). The highest BCUT2D eigenvalue weighted by Gasteiger charge is 2.33. The molecule has 19 heavy (non-hydrogen) atoms. The van der Waals surface area contributed by atoms with Crippen molar-refractivity contribution in [3.8, 4) is 0 Å². The molecule has 1 fully saturated rings. The van der Waals surface area contributed by atoms with Gasteiger partial charge in [-0.15, -0.1) is 0 Å². The van der Waals surface area contributed by atoms with Crippen molar-refractivity contribution in [2.45, 2.75) is 57.4 Å². The van der Waals surface area contributed by atoms with Crippen molar-refractivity contribution in [2.24, 2.45) is 0 Å². The van der Waals surface area contributed by atoms with Gasteiger partial charge < -0.3 is 5.11 Å². The first kappa shape index (κ1) is 16.4. The number of aliphatic carboxylic acids is 1. The predicted octanol–water partition coefficient (Wildman–Crippen LogP) is 0.642. The molecule has 0 aromatic rings. The van der Waals surface area contributed by atoms with Gasteiger partial charge in [-0.2, -0.15) is 0 Å². The standard InChI is InChI=1S/C12H24N2O4S/c1-9(11(15)16)19(17,18)13-10-5-7-14(8-6-10)12(2,3)4/h9-10,13H,5-8H2,1-4H3,(H,15,16). The zero-order valence-electron chi connectivity index (χ0n) is 12.0. The van der Waals surface area contributed by atoms with Gasteiger partial charge in [0.15, 0.2) is 5.25 Å². The molecule has 1 saturated heterocycles. The summed E-state index contributed by atoms with van der Waals surface area (Å²) in [4.78, 5) is 13.0. The van der Waals surface area contributed by atoms with Crippen LogP contribution in [0.2, 0.25) is 0 Å². The van der Waals surface area contributed by atoms with Gasteiger partial charge in [0.25, 0.3) is 0 Å². The Morgan fingerprint density at radius 3 is 2.16 bits per heavy atom. The van der Waals surface area contributed by atoms with Gasteiger partial charge in [0.05, 0.1) is 0 Å². The smallest absolute Gasteiger partial charge is 0.323 e. The first-order valence-electron chi connectivity index (χ1n) is 6.53. The molecule has 0 saturated carbocycles. The summed E-state index contributed by atoms with van der Waals surface area (Å²) in [5, 5.41) is 7.36. The SMILES string of the molecule is CC(C(=O)O)S(=O)(=O)NC1CCN(C(C)(C)C)CC1. The first-order valence-corrected chi connectivity index (χ1v) is 8.07. The molecule has 7 heteroatoms. The van der Waals surface area contributed by atoms with E-state index in [1.165, 1.54) is 6.92 Å². The Morgan fingerprint density at radius 1 is 1.32 bits per heavy atom. The van der Waals surface area contributed by atoms with Gasteiger partial charge in [-0.3, -0.25) is 9.69 Å². The van der Waals surface area contributed by atoms with Crippen molar-refractivity contribution in [3.63, 3.8) is 0 Å². The van der Waals surface area contributed by atoms with Crippen LogP contribution in [-0.4, -0.2) is 54.3 Å². The average Bonchev–Trinajstić information content (AvgIpc) is 2.26. The molecule has 1 heterocycles. The van der Waals surface area contributed by atoms with Crippen LogP contribution in [0.3, 0.4) is 0 Å². The van der Waals surface area contributed by atoms with Crippen LogP contribution in [0.25, 0.3) is 0 Å². The molecule has 1 unspecified atom stereocenters. The molecule has 1 aliphatic rings. The van der Waals surface area contributed by atoms with E-state index < -0.39 is 21.2 Å². The lowest BCUT2D eigenvalue weighted by molar-refractivity contribution is -0.136. The number of piperidine rings is 1. The van der Waals surface area contributed by atoms with Crippen molar-refractivity contribution in [1.29, 1.82) is 0 Å². The minimum atomic E-state index is -3.78. The summed E-state index contributed by atoms with van der Waals surface area (Å²) in [5.41, 5.74) is 0.0815. The number of nitrogens with one attached hydrogen (secondary N) is 1. The number of carboxylic acid groups (broad SMARTS) is 1. The van der Waals surface area contributed by atoms with Crippen LogP contribution < -0.4 is 4.72 Å². The maximum absolute atomic E-state index is 11.8. The van der Waals surface area contributed by atoms with Crippen molar-refractivity contribution in [3.05, 3.63) is 0 Å². The Labute approximate surface area is 115 Å². The van der Waals surface area contributed by atoms with E-state index in [0.717, 1.165) is 13.1 Å². The molecular formula is C12H24N2O4S. The molecule has 0 amide bonds. The number of sulfonamides is 1. The summed E-state index contributed by atoms with van der Waals surface area (Å²) >= 11 is 0. The Kier molecular flexibility index (Phi) is 4.97. The van der Waals surface area contributed by atoms with Gasteiger partial charge in [0.2, 0.25) is 10.0 Å². The second-order valence-electron chi connectivity index (χ2n) is 6.08. The van der Waals surface area contributed by atoms with E-state index in [1.807, 2.05) is 0 Å². The van der Waals surface area contributed by atoms with Crippen molar-refractivity contribution in [1.82, 2.24) is 9.62 Å². The first-order chi connectivity index (χ1) is 8.54. The highest BCUT2D eigenvalue weighted by atomic mass is 32.2.